The maximum absolute atomic E-state index is 11.3. The minimum atomic E-state index is -0.433. The quantitative estimate of drug-likeness (QED) is 0.633. The monoisotopic (exact) mass is 316 g/mol. The molecule has 2 rings (SSSR count). The topological polar surface area (TPSA) is 58.2 Å². The van der Waals surface area contributed by atoms with Crippen LogP contribution in [-0.4, -0.2) is 18.0 Å². The summed E-state index contributed by atoms with van der Waals surface area (Å²) in [6, 6.07) is 7.03. The summed E-state index contributed by atoms with van der Waals surface area (Å²) in [7, 11) is 0. The van der Waals surface area contributed by atoms with E-state index in [1.165, 1.54) is 0 Å². The number of carbonyl (C=O) groups excluding carboxylic acids is 2. The van der Waals surface area contributed by atoms with Crippen LogP contribution in [0.2, 0.25) is 0 Å². The van der Waals surface area contributed by atoms with E-state index in [-0.39, 0.29) is 5.91 Å². The molecule has 1 aromatic rings. The Hall–Kier alpha value is -1.11. The fraction of sp³-hybridized carbons (Fsp3) is 0.200. The summed E-state index contributed by atoms with van der Waals surface area (Å²) >= 11 is 2.22. The van der Waals surface area contributed by atoms with E-state index in [1.807, 2.05) is 24.3 Å². The SMILES string of the molecule is O=C1NC(=O)C(Cc2ccc(I)cc2)N1. The van der Waals surface area contributed by atoms with E-state index < -0.39 is 12.1 Å². The van der Waals surface area contributed by atoms with Gasteiger partial charge in [-0.1, -0.05) is 12.1 Å². The summed E-state index contributed by atoms with van der Waals surface area (Å²) in [5.74, 6) is -0.251. The lowest BCUT2D eigenvalue weighted by Gasteiger charge is -2.06. The number of nitrogens with one attached hydrogen (secondary N) is 2. The van der Waals surface area contributed by atoms with Gasteiger partial charge in [0.25, 0.3) is 5.91 Å². The van der Waals surface area contributed by atoms with Crippen LogP contribution in [0.15, 0.2) is 24.3 Å². The fourth-order valence-corrected chi connectivity index (χ4v) is 1.82. The van der Waals surface area contributed by atoms with Gasteiger partial charge in [-0.05, 0) is 40.3 Å². The molecule has 1 atom stereocenters. The molecule has 0 saturated carbocycles. The van der Waals surface area contributed by atoms with Crippen molar-refractivity contribution in [1.29, 1.82) is 0 Å². The third kappa shape index (κ3) is 2.47. The number of rotatable bonds is 2. The van der Waals surface area contributed by atoms with Crippen LogP contribution in [0, 0.1) is 3.57 Å². The highest BCUT2D eigenvalue weighted by Crippen LogP contribution is 2.10. The first-order chi connectivity index (χ1) is 7.15. The Morgan fingerprint density at radius 1 is 1.20 bits per heavy atom. The Balaban J connectivity index is 2.06. The lowest BCUT2D eigenvalue weighted by Crippen LogP contribution is -2.31. The van der Waals surface area contributed by atoms with Gasteiger partial charge in [0.05, 0.1) is 0 Å². The number of amides is 3. The zero-order valence-corrected chi connectivity index (χ0v) is 9.95. The van der Waals surface area contributed by atoms with Crippen molar-refractivity contribution in [2.45, 2.75) is 12.5 Å². The Morgan fingerprint density at radius 2 is 1.87 bits per heavy atom. The van der Waals surface area contributed by atoms with Crippen molar-refractivity contribution in [3.63, 3.8) is 0 Å². The number of benzene rings is 1. The molecule has 0 aromatic heterocycles. The summed E-state index contributed by atoms with van der Waals surface area (Å²) in [5, 5.41) is 4.77. The molecule has 1 aliphatic heterocycles. The number of halogens is 1. The molecule has 4 nitrogen and oxygen atoms in total. The van der Waals surface area contributed by atoms with Gasteiger partial charge in [0.2, 0.25) is 0 Å². The smallest absolute Gasteiger partial charge is 0.322 e. The van der Waals surface area contributed by atoms with Gasteiger partial charge < -0.3 is 5.32 Å². The highest BCUT2D eigenvalue weighted by Gasteiger charge is 2.29. The number of hydrogen-bond acceptors (Lipinski definition) is 2. The number of urea groups is 1. The maximum Gasteiger partial charge on any atom is 0.322 e. The van der Waals surface area contributed by atoms with Crippen LogP contribution in [0.3, 0.4) is 0 Å². The minimum absolute atomic E-state index is 0.251. The Kier molecular flexibility index (Phi) is 2.90. The van der Waals surface area contributed by atoms with Crippen molar-refractivity contribution < 1.29 is 9.59 Å². The molecule has 0 radical (unpaired) electrons. The van der Waals surface area contributed by atoms with Gasteiger partial charge >= 0.3 is 6.03 Å². The van der Waals surface area contributed by atoms with Crippen LogP contribution in [-0.2, 0) is 11.2 Å². The van der Waals surface area contributed by atoms with Crippen molar-refractivity contribution in [3.8, 4) is 0 Å². The molecule has 3 amide bonds. The zero-order valence-electron chi connectivity index (χ0n) is 7.79. The summed E-state index contributed by atoms with van der Waals surface area (Å²) in [4.78, 5) is 22.1. The molecule has 1 heterocycles. The summed E-state index contributed by atoms with van der Waals surface area (Å²) < 4.78 is 1.15. The third-order valence-corrected chi connectivity index (χ3v) is 2.93. The highest BCUT2D eigenvalue weighted by atomic mass is 127. The molecule has 1 unspecified atom stereocenters. The van der Waals surface area contributed by atoms with Crippen LogP contribution in [0.5, 0.6) is 0 Å². The minimum Gasteiger partial charge on any atom is -0.326 e. The maximum atomic E-state index is 11.3. The Labute approximate surface area is 101 Å². The van der Waals surface area contributed by atoms with Crippen molar-refractivity contribution in [2.24, 2.45) is 0 Å². The normalized spacial score (nSPS) is 19.9. The number of hydrogen-bond donors (Lipinski definition) is 2. The molecular formula is C10H9IN2O2. The lowest BCUT2D eigenvalue weighted by molar-refractivity contribution is -0.120. The largest absolute Gasteiger partial charge is 0.326 e. The average Bonchev–Trinajstić information content (AvgIpc) is 2.49. The van der Waals surface area contributed by atoms with Crippen LogP contribution in [0.4, 0.5) is 4.79 Å². The van der Waals surface area contributed by atoms with Crippen LogP contribution >= 0.6 is 22.6 Å². The van der Waals surface area contributed by atoms with Crippen LogP contribution < -0.4 is 10.6 Å². The fourth-order valence-electron chi connectivity index (χ4n) is 1.46. The average molecular weight is 316 g/mol. The van der Waals surface area contributed by atoms with E-state index in [0.717, 1.165) is 9.13 Å². The van der Waals surface area contributed by atoms with E-state index in [9.17, 15) is 9.59 Å². The molecular weight excluding hydrogens is 307 g/mol. The second-order valence-electron chi connectivity index (χ2n) is 3.35. The van der Waals surface area contributed by atoms with E-state index in [4.69, 9.17) is 0 Å². The standard InChI is InChI=1S/C10H9IN2O2/c11-7-3-1-6(2-4-7)5-8-9(14)13-10(15)12-8/h1-4,8H,5H2,(H2,12,13,14,15). The Bertz CT molecular complexity index is 402. The third-order valence-electron chi connectivity index (χ3n) is 2.21. The van der Waals surface area contributed by atoms with Crippen molar-refractivity contribution in [3.05, 3.63) is 33.4 Å². The zero-order chi connectivity index (χ0) is 10.8. The predicted octanol–water partition coefficient (Wildman–Crippen LogP) is 1.04. The highest BCUT2D eigenvalue weighted by molar-refractivity contribution is 14.1. The van der Waals surface area contributed by atoms with E-state index in [1.54, 1.807) is 0 Å². The van der Waals surface area contributed by atoms with E-state index >= 15 is 0 Å². The first-order valence-corrected chi connectivity index (χ1v) is 5.59. The van der Waals surface area contributed by atoms with Gasteiger partial charge in [0.1, 0.15) is 6.04 Å². The summed E-state index contributed by atoms with van der Waals surface area (Å²) in [6.07, 6.45) is 0.536. The number of imide groups is 1. The Morgan fingerprint density at radius 3 is 2.40 bits per heavy atom. The van der Waals surface area contributed by atoms with Crippen molar-refractivity contribution >= 4 is 34.5 Å². The van der Waals surface area contributed by atoms with E-state index in [2.05, 4.69) is 33.2 Å². The van der Waals surface area contributed by atoms with Gasteiger partial charge in [-0.2, -0.15) is 0 Å². The summed E-state index contributed by atoms with van der Waals surface area (Å²) in [6.45, 7) is 0. The van der Waals surface area contributed by atoms with Crippen molar-refractivity contribution in [2.75, 3.05) is 0 Å². The lowest BCUT2D eigenvalue weighted by atomic mass is 10.1. The van der Waals surface area contributed by atoms with Gasteiger partial charge in [0, 0.05) is 9.99 Å². The second-order valence-corrected chi connectivity index (χ2v) is 4.59. The van der Waals surface area contributed by atoms with Gasteiger partial charge in [-0.3, -0.25) is 10.1 Å². The molecule has 0 bridgehead atoms. The van der Waals surface area contributed by atoms with Crippen LogP contribution in [0.25, 0.3) is 0 Å². The molecule has 0 aliphatic carbocycles. The second kappa shape index (κ2) is 4.18. The first-order valence-electron chi connectivity index (χ1n) is 4.51. The summed E-state index contributed by atoms with van der Waals surface area (Å²) in [5.41, 5.74) is 1.04. The van der Waals surface area contributed by atoms with Crippen molar-refractivity contribution in [1.82, 2.24) is 10.6 Å². The molecule has 0 spiro atoms. The molecule has 1 aliphatic rings. The first kappa shape index (κ1) is 10.4. The molecule has 15 heavy (non-hydrogen) atoms. The van der Waals surface area contributed by atoms with Crippen LogP contribution in [0.1, 0.15) is 5.56 Å². The molecule has 1 fully saturated rings. The predicted molar refractivity (Wildman–Crippen MR) is 63.3 cm³/mol. The van der Waals surface area contributed by atoms with E-state index in [0.29, 0.717) is 6.42 Å². The molecule has 2 N–H and O–H groups in total. The van der Waals surface area contributed by atoms with Gasteiger partial charge in [-0.25, -0.2) is 4.79 Å². The molecule has 5 heteroatoms. The molecule has 1 aromatic carbocycles. The molecule has 78 valence electrons. The number of carbonyl (C=O) groups is 2. The molecule has 1 saturated heterocycles. The van der Waals surface area contributed by atoms with Gasteiger partial charge in [0.15, 0.2) is 0 Å². The van der Waals surface area contributed by atoms with Gasteiger partial charge in [-0.15, -0.1) is 0 Å².